The van der Waals surface area contributed by atoms with Crippen molar-refractivity contribution >= 4 is 46.4 Å². The largest absolute Gasteiger partial charge is 0.479 e. The summed E-state index contributed by atoms with van der Waals surface area (Å²) < 4.78 is 5.63. The molecule has 0 saturated carbocycles. The number of nitrogens with zero attached hydrogens (tertiary/aromatic N) is 1. The summed E-state index contributed by atoms with van der Waals surface area (Å²) in [4.78, 5) is 27.2. The second-order valence-electron chi connectivity index (χ2n) is 5.52. The van der Waals surface area contributed by atoms with Crippen molar-refractivity contribution in [3.05, 3.63) is 50.6 Å². The fourth-order valence-corrected chi connectivity index (χ4v) is 3.23. The van der Waals surface area contributed by atoms with E-state index in [1.807, 2.05) is 24.4 Å². The van der Waals surface area contributed by atoms with E-state index in [0.29, 0.717) is 23.9 Å². The van der Waals surface area contributed by atoms with Gasteiger partial charge in [0.25, 0.3) is 5.91 Å². The van der Waals surface area contributed by atoms with Crippen molar-refractivity contribution in [2.45, 2.75) is 26.5 Å². The standard InChI is InChI=1S/C18H20Cl2N2O3S/c1-3-22(11-16(23)21-10-13-6-5-9-26-13)18(24)12(2)25-15-8-4-7-14(19)17(15)20/h4-9,12H,3,10-11H2,1-2H3,(H,21,23). The highest BCUT2D eigenvalue weighted by Gasteiger charge is 2.24. The Bertz CT molecular complexity index is 753. The van der Waals surface area contributed by atoms with E-state index >= 15 is 0 Å². The summed E-state index contributed by atoms with van der Waals surface area (Å²) in [7, 11) is 0. The van der Waals surface area contributed by atoms with Gasteiger partial charge in [0.1, 0.15) is 10.8 Å². The van der Waals surface area contributed by atoms with Crippen molar-refractivity contribution < 1.29 is 14.3 Å². The first kappa shape index (κ1) is 20.6. The molecule has 0 aliphatic heterocycles. The summed E-state index contributed by atoms with van der Waals surface area (Å²) in [6, 6.07) is 8.84. The SMILES string of the molecule is CCN(CC(=O)NCc1cccs1)C(=O)C(C)Oc1cccc(Cl)c1Cl. The lowest BCUT2D eigenvalue weighted by Crippen LogP contribution is -2.45. The second kappa shape index (κ2) is 9.80. The van der Waals surface area contributed by atoms with Crippen molar-refractivity contribution in [3.63, 3.8) is 0 Å². The number of hydrogen-bond acceptors (Lipinski definition) is 4. The Morgan fingerprint density at radius 1 is 1.27 bits per heavy atom. The maximum atomic E-state index is 12.6. The van der Waals surface area contributed by atoms with Crippen molar-refractivity contribution in [1.82, 2.24) is 10.2 Å². The second-order valence-corrected chi connectivity index (χ2v) is 7.34. The maximum absolute atomic E-state index is 12.6. The van der Waals surface area contributed by atoms with Crippen LogP contribution in [0.4, 0.5) is 0 Å². The molecule has 1 N–H and O–H groups in total. The first-order valence-electron chi connectivity index (χ1n) is 8.11. The molecule has 1 heterocycles. The first-order chi connectivity index (χ1) is 12.4. The minimum Gasteiger partial charge on any atom is -0.479 e. The molecule has 2 amide bonds. The topological polar surface area (TPSA) is 58.6 Å². The minimum atomic E-state index is -0.795. The highest BCUT2D eigenvalue weighted by atomic mass is 35.5. The molecule has 2 rings (SSSR count). The van der Waals surface area contributed by atoms with Gasteiger partial charge in [-0.3, -0.25) is 9.59 Å². The number of ether oxygens (including phenoxy) is 1. The Hall–Kier alpha value is -1.76. The number of nitrogens with one attached hydrogen (secondary N) is 1. The molecule has 5 nitrogen and oxygen atoms in total. The van der Waals surface area contributed by atoms with E-state index in [9.17, 15) is 9.59 Å². The van der Waals surface area contributed by atoms with Crippen LogP contribution >= 0.6 is 34.5 Å². The molecule has 26 heavy (non-hydrogen) atoms. The summed E-state index contributed by atoms with van der Waals surface area (Å²) >= 11 is 13.6. The summed E-state index contributed by atoms with van der Waals surface area (Å²) in [6.45, 7) is 4.24. The molecule has 0 aliphatic carbocycles. The van der Waals surface area contributed by atoms with E-state index in [1.54, 1.807) is 36.5 Å². The van der Waals surface area contributed by atoms with E-state index in [-0.39, 0.29) is 23.4 Å². The van der Waals surface area contributed by atoms with E-state index < -0.39 is 6.10 Å². The third-order valence-electron chi connectivity index (χ3n) is 3.64. The molecule has 0 fully saturated rings. The summed E-state index contributed by atoms with van der Waals surface area (Å²) in [5.74, 6) is -0.186. The lowest BCUT2D eigenvalue weighted by atomic mass is 10.3. The maximum Gasteiger partial charge on any atom is 0.263 e. The van der Waals surface area contributed by atoms with Crippen LogP contribution in [0.5, 0.6) is 5.75 Å². The smallest absolute Gasteiger partial charge is 0.263 e. The number of thiophene rings is 1. The van der Waals surface area contributed by atoms with Crippen molar-refractivity contribution in [1.29, 1.82) is 0 Å². The van der Waals surface area contributed by atoms with Crippen molar-refractivity contribution in [3.8, 4) is 5.75 Å². The number of benzene rings is 1. The minimum absolute atomic E-state index is 0.0301. The fourth-order valence-electron chi connectivity index (χ4n) is 2.25. The highest BCUT2D eigenvalue weighted by molar-refractivity contribution is 7.09. The quantitative estimate of drug-likeness (QED) is 0.710. The molecule has 0 spiro atoms. The van der Waals surface area contributed by atoms with Crippen LogP contribution in [0.2, 0.25) is 10.0 Å². The number of rotatable bonds is 8. The number of halogens is 2. The molecule has 8 heteroatoms. The van der Waals surface area contributed by atoms with Gasteiger partial charge in [0.15, 0.2) is 6.10 Å². The predicted molar refractivity (Wildman–Crippen MR) is 105 cm³/mol. The third-order valence-corrected chi connectivity index (χ3v) is 5.31. The highest BCUT2D eigenvalue weighted by Crippen LogP contribution is 2.32. The van der Waals surface area contributed by atoms with Gasteiger partial charge in [0, 0.05) is 11.4 Å². The van der Waals surface area contributed by atoms with Crippen molar-refractivity contribution in [2.24, 2.45) is 0 Å². The molecule has 2 aromatic rings. The number of carbonyl (C=O) groups is 2. The van der Waals surface area contributed by atoms with Gasteiger partial charge in [0.05, 0.1) is 18.1 Å². The fraction of sp³-hybridized carbons (Fsp3) is 0.333. The zero-order chi connectivity index (χ0) is 19.1. The van der Waals surface area contributed by atoms with Crippen LogP contribution in [0, 0.1) is 0 Å². The molecule has 1 atom stereocenters. The molecule has 1 aromatic heterocycles. The first-order valence-corrected chi connectivity index (χ1v) is 9.74. The molecule has 0 radical (unpaired) electrons. The number of carbonyl (C=O) groups excluding carboxylic acids is 2. The molecule has 140 valence electrons. The van der Waals surface area contributed by atoms with Gasteiger partial charge in [0.2, 0.25) is 5.91 Å². The van der Waals surface area contributed by atoms with Crippen LogP contribution in [-0.4, -0.2) is 35.9 Å². The Kier molecular flexibility index (Phi) is 7.75. The van der Waals surface area contributed by atoms with Gasteiger partial charge < -0.3 is 15.0 Å². The summed E-state index contributed by atoms with van der Waals surface area (Å²) in [6.07, 6.45) is -0.795. The van der Waals surface area contributed by atoms with E-state index in [4.69, 9.17) is 27.9 Å². The lowest BCUT2D eigenvalue weighted by molar-refractivity contribution is -0.141. The predicted octanol–water partition coefficient (Wildman–Crippen LogP) is 3.99. The Labute approximate surface area is 166 Å². The molecule has 0 aliphatic rings. The summed E-state index contributed by atoms with van der Waals surface area (Å²) in [5.41, 5.74) is 0. The van der Waals surface area contributed by atoms with Gasteiger partial charge in [-0.1, -0.05) is 35.3 Å². The van der Waals surface area contributed by atoms with Gasteiger partial charge in [-0.25, -0.2) is 0 Å². The number of hydrogen-bond donors (Lipinski definition) is 1. The Morgan fingerprint density at radius 3 is 2.69 bits per heavy atom. The van der Waals surface area contributed by atoms with Crippen LogP contribution in [-0.2, 0) is 16.1 Å². The van der Waals surface area contributed by atoms with Gasteiger partial charge in [-0.2, -0.15) is 0 Å². The Morgan fingerprint density at radius 2 is 2.04 bits per heavy atom. The molecule has 0 saturated heterocycles. The van der Waals surface area contributed by atoms with E-state index in [0.717, 1.165) is 4.88 Å². The van der Waals surface area contributed by atoms with Gasteiger partial charge >= 0.3 is 0 Å². The van der Waals surface area contributed by atoms with E-state index in [2.05, 4.69) is 5.32 Å². The van der Waals surface area contributed by atoms with E-state index in [1.165, 1.54) is 4.90 Å². The molecular weight excluding hydrogens is 395 g/mol. The third kappa shape index (κ3) is 5.62. The lowest BCUT2D eigenvalue weighted by Gasteiger charge is -2.24. The monoisotopic (exact) mass is 414 g/mol. The van der Waals surface area contributed by atoms with Crippen LogP contribution in [0.25, 0.3) is 0 Å². The number of amides is 2. The van der Waals surface area contributed by atoms with Crippen molar-refractivity contribution in [2.75, 3.05) is 13.1 Å². The van der Waals surface area contributed by atoms with Gasteiger partial charge in [-0.15, -0.1) is 11.3 Å². The number of likely N-dealkylation sites (N-methyl/N-ethyl adjacent to an activating group) is 1. The Balaban J connectivity index is 1.91. The average Bonchev–Trinajstić information content (AvgIpc) is 3.14. The average molecular weight is 415 g/mol. The molecular formula is C18H20Cl2N2O3S. The molecule has 0 bridgehead atoms. The molecule has 1 unspecified atom stereocenters. The van der Waals surface area contributed by atoms with Gasteiger partial charge in [-0.05, 0) is 37.4 Å². The van der Waals surface area contributed by atoms with Crippen LogP contribution in [0.3, 0.4) is 0 Å². The van der Waals surface area contributed by atoms with Crippen LogP contribution < -0.4 is 10.1 Å². The van der Waals surface area contributed by atoms with Crippen LogP contribution in [0.15, 0.2) is 35.7 Å². The summed E-state index contributed by atoms with van der Waals surface area (Å²) in [5, 5.41) is 5.36. The molecule has 1 aromatic carbocycles. The zero-order valence-electron chi connectivity index (χ0n) is 14.5. The normalized spacial score (nSPS) is 11.7. The zero-order valence-corrected chi connectivity index (χ0v) is 16.8. The van der Waals surface area contributed by atoms with Crippen LogP contribution in [0.1, 0.15) is 18.7 Å².